The van der Waals surface area contributed by atoms with E-state index in [0.29, 0.717) is 6.42 Å². The molecule has 0 amide bonds. The van der Waals surface area contributed by atoms with Gasteiger partial charge in [0, 0.05) is 22.6 Å². The van der Waals surface area contributed by atoms with Crippen LogP contribution in [-0.2, 0) is 11.2 Å². The maximum Gasteiger partial charge on any atom is 0.209 e. The number of benzene rings is 1. The van der Waals surface area contributed by atoms with Crippen molar-refractivity contribution in [3.63, 3.8) is 0 Å². The van der Waals surface area contributed by atoms with E-state index in [4.69, 9.17) is 5.11 Å². The van der Waals surface area contributed by atoms with E-state index in [1.165, 1.54) is 0 Å². The van der Waals surface area contributed by atoms with Crippen LogP contribution in [0.2, 0.25) is 0 Å². The molecule has 0 saturated carbocycles. The molecule has 76 valence electrons. The number of hydrogen-bond acceptors (Lipinski definition) is 3. The number of phenolic OH excluding ortho intramolecular Hbond substituents is 1. The summed E-state index contributed by atoms with van der Waals surface area (Å²) in [5.41, 5.74) is 1.03. The molecule has 14 heavy (non-hydrogen) atoms. The van der Waals surface area contributed by atoms with Crippen LogP contribution in [0.5, 0.6) is 5.75 Å². The van der Waals surface area contributed by atoms with Crippen molar-refractivity contribution in [3.05, 3.63) is 29.8 Å². The van der Waals surface area contributed by atoms with Gasteiger partial charge in [0.2, 0.25) is 3.79 Å². The van der Waals surface area contributed by atoms with Crippen molar-refractivity contribution in [1.29, 1.82) is 0 Å². The number of likely N-dealkylation sites (N-methyl/N-ethyl adjacent to an activating group) is 1. The van der Waals surface area contributed by atoms with Crippen LogP contribution in [0, 0.1) is 0 Å². The van der Waals surface area contributed by atoms with Gasteiger partial charge in [-0.15, -0.1) is 0 Å². The molecule has 0 aliphatic carbocycles. The Morgan fingerprint density at radius 1 is 1.50 bits per heavy atom. The normalized spacial score (nSPS) is 12.4. The van der Waals surface area contributed by atoms with Gasteiger partial charge in [-0.05, 0) is 31.2 Å². The van der Waals surface area contributed by atoms with E-state index in [1.54, 1.807) is 41.8 Å². The fraction of sp³-hybridized carbons (Fsp3) is 0.300. The summed E-state index contributed by atoms with van der Waals surface area (Å²) in [7, 11) is 1.77. The third kappa shape index (κ3) is 3.26. The maximum atomic E-state index is 11.1. The van der Waals surface area contributed by atoms with Crippen LogP contribution in [0.15, 0.2) is 24.3 Å². The van der Waals surface area contributed by atoms with Gasteiger partial charge in [-0.3, -0.25) is 4.79 Å². The van der Waals surface area contributed by atoms with Gasteiger partial charge in [0.25, 0.3) is 0 Å². The van der Waals surface area contributed by atoms with Crippen molar-refractivity contribution in [2.24, 2.45) is 0 Å². The summed E-state index contributed by atoms with van der Waals surface area (Å²) >= 11 is 1.79. The molecular formula is C10H12INO2. The Balaban J connectivity index is 2.67. The first-order valence-corrected chi connectivity index (χ1v) is 5.36. The number of nitrogens with one attached hydrogen (secondary N) is 1. The van der Waals surface area contributed by atoms with Crippen LogP contribution in [0.3, 0.4) is 0 Å². The van der Waals surface area contributed by atoms with Crippen LogP contribution in [0.4, 0.5) is 0 Å². The van der Waals surface area contributed by atoms with Gasteiger partial charge in [-0.2, -0.15) is 0 Å². The molecule has 0 aliphatic heterocycles. The largest absolute Gasteiger partial charge is 0.508 e. The van der Waals surface area contributed by atoms with E-state index < -0.39 is 0 Å². The molecule has 0 saturated heterocycles. The smallest absolute Gasteiger partial charge is 0.209 e. The Bertz CT molecular complexity index is 310. The van der Waals surface area contributed by atoms with Gasteiger partial charge in [-0.25, -0.2) is 0 Å². The Kier molecular flexibility index (Phi) is 4.34. The fourth-order valence-corrected chi connectivity index (χ4v) is 1.70. The first-order chi connectivity index (χ1) is 6.63. The predicted molar refractivity (Wildman–Crippen MR) is 63.7 cm³/mol. The highest BCUT2D eigenvalue weighted by atomic mass is 127. The first kappa shape index (κ1) is 11.5. The van der Waals surface area contributed by atoms with E-state index in [2.05, 4.69) is 5.32 Å². The highest BCUT2D eigenvalue weighted by molar-refractivity contribution is 14.1. The minimum atomic E-state index is -0.153. The average Bonchev–Trinajstić information content (AvgIpc) is 2.16. The Hall–Kier alpha value is -0.620. The molecule has 3 nitrogen and oxygen atoms in total. The van der Waals surface area contributed by atoms with Crippen molar-refractivity contribution in [2.75, 3.05) is 7.05 Å². The second-order valence-electron chi connectivity index (χ2n) is 3.02. The minimum absolute atomic E-state index is 0.0955. The molecule has 0 spiro atoms. The molecule has 0 bridgehead atoms. The Morgan fingerprint density at radius 3 is 2.50 bits per heavy atom. The summed E-state index contributed by atoms with van der Waals surface area (Å²) in [6.07, 6.45) is 0.651. The fourth-order valence-electron chi connectivity index (χ4n) is 1.16. The number of aromatic hydroxyl groups is 1. The third-order valence-electron chi connectivity index (χ3n) is 2.00. The van der Waals surface area contributed by atoms with E-state index >= 15 is 0 Å². The Morgan fingerprint density at radius 2 is 2.07 bits per heavy atom. The molecule has 2 N–H and O–H groups in total. The van der Waals surface area contributed by atoms with Crippen molar-refractivity contribution in [2.45, 2.75) is 12.5 Å². The second-order valence-corrected chi connectivity index (χ2v) is 4.08. The standard InChI is InChI=1S/C10H12INO2/c1-12-9(10(11)14)6-7-2-4-8(13)5-3-7/h2-5,9,12-13H,6H2,1H3. The minimum Gasteiger partial charge on any atom is -0.508 e. The quantitative estimate of drug-likeness (QED) is 0.654. The third-order valence-corrected chi connectivity index (χ3v) is 2.75. The summed E-state index contributed by atoms with van der Waals surface area (Å²) in [4.78, 5) is 11.1. The van der Waals surface area contributed by atoms with Crippen molar-refractivity contribution in [1.82, 2.24) is 5.32 Å². The number of rotatable bonds is 4. The molecule has 1 unspecified atom stereocenters. The number of carbonyl (C=O) groups excluding carboxylic acids is 1. The van der Waals surface area contributed by atoms with Gasteiger partial charge < -0.3 is 10.4 Å². The summed E-state index contributed by atoms with van der Waals surface area (Å²) in [5.74, 6) is 0.246. The molecule has 1 atom stereocenters. The summed E-state index contributed by atoms with van der Waals surface area (Å²) < 4.78 is 0.0955. The lowest BCUT2D eigenvalue weighted by atomic mass is 10.1. The zero-order valence-corrected chi connectivity index (χ0v) is 9.98. The lowest BCUT2D eigenvalue weighted by molar-refractivity contribution is -0.111. The van der Waals surface area contributed by atoms with E-state index in [1.807, 2.05) is 12.1 Å². The van der Waals surface area contributed by atoms with Crippen LogP contribution in [0.1, 0.15) is 5.56 Å². The Labute approximate surface area is 96.7 Å². The monoisotopic (exact) mass is 305 g/mol. The van der Waals surface area contributed by atoms with Gasteiger partial charge in [0.15, 0.2) is 0 Å². The summed E-state index contributed by atoms with van der Waals surface area (Å²) in [6.45, 7) is 0. The lowest BCUT2D eigenvalue weighted by Gasteiger charge is -2.11. The van der Waals surface area contributed by atoms with Crippen LogP contribution < -0.4 is 5.32 Å². The highest BCUT2D eigenvalue weighted by Crippen LogP contribution is 2.12. The van der Waals surface area contributed by atoms with Gasteiger partial charge >= 0.3 is 0 Å². The molecule has 0 fully saturated rings. The first-order valence-electron chi connectivity index (χ1n) is 4.28. The average molecular weight is 305 g/mol. The zero-order chi connectivity index (χ0) is 10.6. The second kappa shape index (κ2) is 5.31. The van der Waals surface area contributed by atoms with Crippen LogP contribution >= 0.6 is 22.6 Å². The van der Waals surface area contributed by atoms with Crippen molar-refractivity contribution >= 4 is 26.4 Å². The number of hydrogen-bond donors (Lipinski definition) is 2. The molecular weight excluding hydrogens is 293 g/mol. The van der Waals surface area contributed by atoms with Crippen LogP contribution in [0.25, 0.3) is 0 Å². The van der Waals surface area contributed by atoms with Gasteiger partial charge in [-0.1, -0.05) is 12.1 Å². The SMILES string of the molecule is CNC(Cc1ccc(O)cc1)C(=O)I. The number of phenols is 1. The lowest BCUT2D eigenvalue weighted by Crippen LogP contribution is -2.32. The van der Waals surface area contributed by atoms with E-state index in [0.717, 1.165) is 5.56 Å². The molecule has 1 aromatic carbocycles. The summed E-state index contributed by atoms with van der Waals surface area (Å²) in [6, 6.07) is 6.73. The van der Waals surface area contributed by atoms with E-state index in [-0.39, 0.29) is 15.6 Å². The zero-order valence-electron chi connectivity index (χ0n) is 7.83. The van der Waals surface area contributed by atoms with Crippen molar-refractivity contribution < 1.29 is 9.90 Å². The molecule has 1 rings (SSSR count). The molecule has 0 aromatic heterocycles. The van der Waals surface area contributed by atoms with Crippen molar-refractivity contribution in [3.8, 4) is 5.75 Å². The molecule has 0 aliphatic rings. The van der Waals surface area contributed by atoms with E-state index in [9.17, 15) is 4.79 Å². The molecule has 4 heteroatoms. The number of carbonyl (C=O) groups is 1. The number of halogens is 1. The summed E-state index contributed by atoms with van der Waals surface area (Å²) in [5, 5.41) is 12.0. The molecule has 0 heterocycles. The van der Waals surface area contributed by atoms with Gasteiger partial charge in [0.05, 0.1) is 6.04 Å². The predicted octanol–water partition coefficient (Wildman–Crippen LogP) is 1.48. The topological polar surface area (TPSA) is 49.3 Å². The molecule has 1 aromatic rings. The highest BCUT2D eigenvalue weighted by Gasteiger charge is 2.13. The van der Waals surface area contributed by atoms with Crippen LogP contribution in [-0.4, -0.2) is 22.0 Å². The van der Waals surface area contributed by atoms with Gasteiger partial charge in [0.1, 0.15) is 5.75 Å². The molecule has 0 radical (unpaired) electrons. The maximum absolute atomic E-state index is 11.1.